The summed E-state index contributed by atoms with van der Waals surface area (Å²) in [6, 6.07) is 17.1. The highest BCUT2D eigenvalue weighted by atomic mass is 35.5. The summed E-state index contributed by atoms with van der Waals surface area (Å²) >= 11 is 6.18. The van der Waals surface area contributed by atoms with Gasteiger partial charge in [-0.05, 0) is 43.7 Å². The number of aryl methyl sites for hydroxylation is 1. The Morgan fingerprint density at radius 2 is 1.93 bits per heavy atom. The monoisotopic (exact) mass is 395 g/mol. The number of nitrogens with zero attached hydrogens (tertiary/aromatic N) is 2. The van der Waals surface area contributed by atoms with E-state index >= 15 is 0 Å². The van der Waals surface area contributed by atoms with Crippen molar-refractivity contribution in [2.24, 2.45) is 5.10 Å². The maximum absolute atomic E-state index is 12.0. The van der Waals surface area contributed by atoms with Gasteiger partial charge in [0.25, 0.3) is 0 Å². The van der Waals surface area contributed by atoms with Crippen LogP contribution in [0, 0.1) is 13.8 Å². The van der Waals surface area contributed by atoms with Crippen molar-refractivity contribution in [3.8, 4) is 11.4 Å². The minimum Gasteiger partial charge on any atom is -0.495 e. The molecule has 1 N–H and O–H groups in total. The van der Waals surface area contributed by atoms with Crippen molar-refractivity contribution in [3.05, 3.63) is 82.1 Å². The molecule has 0 fully saturated rings. The van der Waals surface area contributed by atoms with E-state index in [0.29, 0.717) is 5.02 Å². The van der Waals surface area contributed by atoms with Crippen molar-refractivity contribution in [1.82, 2.24) is 9.99 Å². The van der Waals surface area contributed by atoms with E-state index in [2.05, 4.69) is 15.1 Å². The SMILES string of the molecule is COc1ccc(Cl)cc1-n1c(C)cc(/C=N/NC(=O)Cc2ccccc2)c1C. The highest BCUT2D eigenvalue weighted by Gasteiger charge is 2.14. The Morgan fingerprint density at radius 3 is 2.64 bits per heavy atom. The first-order valence-corrected chi connectivity index (χ1v) is 9.26. The summed E-state index contributed by atoms with van der Waals surface area (Å²) in [4.78, 5) is 12.0. The van der Waals surface area contributed by atoms with E-state index in [1.807, 2.05) is 62.4 Å². The zero-order valence-electron chi connectivity index (χ0n) is 16.1. The lowest BCUT2D eigenvalue weighted by Gasteiger charge is -2.14. The predicted octanol–water partition coefficient (Wildman–Crippen LogP) is 4.45. The first-order valence-electron chi connectivity index (χ1n) is 8.88. The maximum Gasteiger partial charge on any atom is 0.244 e. The Labute approximate surface area is 169 Å². The molecule has 144 valence electrons. The number of halogens is 1. The molecule has 0 saturated heterocycles. The average Bonchev–Trinajstić information content (AvgIpc) is 2.96. The molecule has 3 rings (SSSR count). The van der Waals surface area contributed by atoms with Gasteiger partial charge < -0.3 is 9.30 Å². The van der Waals surface area contributed by atoms with Crippen molar-refractivity contribution >= 4 is 23.7 Å². The lowest BCUT2D eigenvalue weighted by Crippen LogP contribution is -2.19. The largest absolute Gasteiger partial charge is 0.495 e. The first kappa shape index (κ1) is 19.7. The highest BCUT2D eigenvalue weighted by molar-refractivity contribution is 6.30. The number of hydrazone groups is 1. The second-order valence-corrected chi connectivity index (χ2v) is 6.87. The van der Waals surface area contributed by atoms with Gasteiger partial charge in [0.1, 0.15) is 5.75 Å². The normalized spacial score (nSPS) is 11.0. The molecular formula is C22H22ClN3O2. The fraction of sp³-hybridized carbons (Fsp3) is 0.182. The van der Waals surface area contributed by atoms with E-state index in [0.717, 1.165) is 34.0 Å². The van der Waals surface area contributed by atoms with Gasteiger partial charge in [0.05, 0.1) is 25.4 Å². The Bertz CT molecular complexity index is 1010. The van der Waals surface area contributed by atoms with Gasteiger partial charge in [-0.3, -0.25) is 4.79 Å². The van der Waals surface area contributed by atoms with Crippen molar-refractivity contribution in [3.63, 3.8) is 0 Å². The summed E-state index contributed by atoms with van der Waals surface area (Å²) < 4.78 is 7.53. The first-order chi connectivity index (χ1) is 13.5. The van der Waals surface area contributed by atoms with Crippen molar-refractivity contribution in [2.75, 3.05) is 7.11 Å². The Kier molecular flexibility index (Phi) is 6.16. The molecule has 6 heteroatoms. The number of aromatic nitrogens is 1. The molecule has 0 aliphatic carbocycles. The molecule has 0 saturated carbocycles. The second-order valence-electron chi connectivity index (χ2n) is 6.43. The van der Waals surface area contributed by atoms with Crippen LogP contribution in [0.1, 0.15) is 22.5 Å². The van der Waals surface area contributed by atoms with Crippen LogP contribution in [0.2, 0.25) is 5.02 Å². The summed E-state index contributed by atoms with van der Waals surface area (Å²) in [5, 5.41) is 4.74. The maximum atomic E-state index is 12.0. The molecule has 0 unspecified atom stereocenters. The molecule has 0 aliphatic heterocycles. The molecule has 2 aromatic carbocycles. The number of ether oxygens (including phenoxy) is 1. The number of amides is 1. The van der Waals surface area contributed by atoms with Crippen LogP contribution in [0.4, 0.5) is 0 Å². The van der Waals surface area contributed by atoms with Crippen LogP contribution in [0.5, 0.6) is 5.75 Å². The van der Waals surface area contributed by atoms with Gasteiger partial charge in [0.2, 0.25) is 5.91 Å². The molecular weight excluding hydrogens is 374 g/mol. The number of hydrogen-bond donors (Lipinski definition) is 1. The average molecular weight is 396 g/mol. The summed E-state index contributed by atoms with van der Waals surface area (Å²) in [6.07, 6.45) is 1.94. The van der Waals surface area contributed by atoms with Crippen molar-refractivity contribution < 1.29 is 9.53 Å². The molecule has 0 bridgehead atoms. The quantitative estimate of drug-likeness (QED) is 0.495. The molecule has 1 amide bonds. The van der Waals surface area contributed by atoms with Gasteiger partial charge in [-0.25, -0.2) is 5.43 Å². The van der Waals surface area contributed by atoms with E-state index in [1.54, 1.807) is 19.4 Å². The number of carbonyl (C=O) groups excluding carboxylic acids is 1. The third-order valence-electron chi connectivity index (χ3n) is 4.45. The molecule has 3 aromatic rings. The molecule has 0 atom stereocenters. The zero-order valence-corrected chi connectivity index (χ0v) is 16.8. The Balaban J connectivity index is 1.78. The van der Waals surface area contributed by atoms with Crippen LogP contribution in [-0.4, -0.2) is 23.8 Å². The predicted molar refractivity (Wildman–Crippen MR) is 113 cm³/mol. The summed E-state index contributed by atoms with van der Waals surface area (Å²) in [6.45, 7) is 3.99. The third-order valence-corrected chi connectivity index (χ3v) is 4.69. The summed E-state index contributed by atoms with van der Waals surface area (Å²) in [5.41, 5.74) is 7.27. The zero-order chi connectivity index (χ0) is 20.1. The number of rotatable bonds is 6. The summed E-state index contributed by atoms with van der Waals surface area (Å²) in [7, 11) is 1.63. The second kappa shape index (κ2) is 8.76. The van der Waals surface area contributed by atoms with Gasteiger partial charge in [-0.2, -0.15) is 5.10 Å². The van der Waals surface area contributed by atoms with Crippen molar-refractivity contribution in [1.29, 1.82) is 0 Å². The molecule has 0 spiro atoms. The van der Waals surface area contributed by atoms with E-state index in [-0.39, 0.29) is 12.3 Å². The van der Waals surface area contributed by atoms with Crippen LogP contribution in [0.3, 0.4) is 0 Å². The van der Waals surface area contributed by atoms with Gasteiger partial charge in [0, 0.05) is 22.0 Å². The lowest BCUT2D eigenvalue weighted by atomic mass is 10.1. The van der Waals surface area contributed by atoms with Gasteiger partial charge in [-0.15, -0.1) is 0 Å². The number of nitrogens with one attached hydrogen (secondary N) is 1. The fourth-order valence-corrected chi connectivity index (χ4v) is 3.29. The molecule has 28 heavy (non-hydrogen) atoms. The lowest BCUT2D eigenvalue weighted by molar-refractivity contribution is -0.120. The Hall–Kier alpha value is -3.05. The number of methoxy groups -OCH3 is 1. The molecule has 0 radical (unpaired) electrons. The minimum atomic E-state index is -0.159. The smallest absolute Gasteiger partial charge is 0.244 e. The molecule has 1 aromatic heterocycles. The van der Waals surface area contributed by atoms with E-state index in [4.69, 9.17) is 16.3 Å². The van der Waals surface area contributed by atoms with Crippen LogP contribution < -0.4 is 10.2 Å². The fourth-order valence-electron chi connectivity index (χ4n) is 3.12. The van der Waals surface area contributed by atoms with Gasteiger partial charge in [0.15, 0.2) is 0 Å². The Morgan fingerprint density at radius 1 is 1.18 bits per heavy atom. The minimum absolute atomic E-state index is 0.159. The molecule has 0 aliphatic rings. The standard InChI is InChI=1S/C22H22ClN3O2/c1-15-11-18(14-24-25-22(27)12-17-7-5-4-6-8-17)16(2)26(15)20-13-19(23)9-10-21(20)28-3/h4-11,13-14H,12H2,1-3H3,(H,25,27)/b24-14+. The van der Waals surface area contributed by atoms with E-state index < -0.39 is 0 Å². The summed E-state index contributed by atoms with van der Waals surface area (Å²) in [5.74, 6) is 0.568. The number of carbonyl (C=O) groups is 1. The van der Waals surface area contributed by atoms with Crippen LogP contribution >= 0.6 is 11.6 Å². The molecule has 5 nitrogen and oxygen atoms in total. The van der Waals surface area contributed by atoms with Gasteiger partial charge >= 0.3 is 0 Å². The molecule has 1 heterocycles. The van der Waals surface area contributed by atoms with Crippen LogP contribution in [0.15, 0.2) is 59.7 Å². The van der Waals surface area contributed by atoms with Crippen molar-refractivity contribution in [2.45, 2.75) is 20.3 Å². The highest BCUT2D eigenvalue weighted by Crippen LogP contribution is 2.30. The topological polar surface area (TPSA) is 55.6 Å². The number of benzene rings is 2. The van der Waals surface area contributed by atoms with E-state index in [1.165, 1.54) is 0 Å². The van der Waals surface area contributed by atoms with Crippen LogP contribution in [0.25, 0.3) is 5.69 Å². The number of hydrogen-bond acceptors (Lipinski definition) is 3. The van der Waals surface area contributed by atoms with Gasteiger partial charge in [-0.1, -0.05) is 41.9 Å². The van der Waals surface area contributed by atoms with E-state index in [9.17, 15) is 4.79 Å². The van der Waals surface area contributed by atoms with Crippen LogP contribution in [-0.2, 0) is 11.2 Å². The third kappa shape index (κ3) is 4.43.